The first kappa shape index (κ1) is 23.8. The van der Waals surface area contributed by atoms with Crippen LogP contribution in [0.5, 0.6) is 5.75 Å². The van der Waals surface area contributed by atoms with Gasteiger partial charge in [0.05, 0.1) is 19.3 Å². The van der Waals surface area contributed by atoms with E-state index in [1.165, 1.54) is 5.69 Å². The molecule has 1 aliphatic rings. The van der Waals surface area contributed by atoms with Crippen molar-refractivity contribution < 1.29 is 4.74 Å². The topological polar surface area (TPSA) is 52.1 Å². The van der Waals surface area contributed by atoms with Crippen molar-refractivity contribution >= 4 is 35.6 Å². The minimum Gasteiger partial charge on any atom is -0.495 e. The molecular weight excluding hydrogens is 453 g/mol. The highest BCUT2D eigenvalue weighted by molar-refractivity contribution is 14.0. The number of nitrogens with zero attached hydrogens (tertiary/aromatic N) is 3. The molecule has 0 bridgehead atoms. The minimum absolute atomic E-state index is 0. The van der Waals surface area contributed by atoms with Gasteiger partial charge in [-0.15, -0.1) is 24.0 Å². The second-order valence-corrected chi connectivity index (χ2v) is 6.54. The van der Waals surface area contributed by atoms with Gasteiger partial charge in [0.2, 0.25) is 0 Å². The molecule has 7 heteroatoms. The summed E-state index contributed by atoms with van der Waals surface area (Å²) in [7, 11) is 1.73. The molecule has 154 valence electrons. The van der Waals surface area contributed by atoms with Crippen molar-refractivity contribution in [2.45, 2.75) is 33.2 Å². The third-order valence-electron chi connectivity index (χ3n) is 4.88. The Kier molecular flexibility index (Phi) is 11.5. The molecular formula is C20H36IN5O. The number of para-hydroxylation sites is 2. The van der Waals surface area contributed by atoms with Crippen LogP contribution in [-0.4, -0.2) is 69.8 Å². The lowest BCUT2D eigenvalue weighted by Crippen LogP contribution is -2.45. The Labute approximate surface area is 181 Å². The molecule has 1 aromatic carbocycles. The van der Waals surface area contributed by atoms with Crippen molar-refractivity contribution in [3.05, 3.63) is 24.3 Å². The molecule has 1 unspecified atom stereocenters. The van der Waals surface area contributed by atoms with Gasteiger partial charge in [-0.2, -0.15) is 0 Å². The van der Waals surface area contributed by atoms with Crippen molar-refractivity contribution in [1.82, 2.24) is 15.5 Å². The van der Waals surface area contributed by atoms with Crippen LogP contribution < -0.4 is 20.3 Å². The lowest BCUT2D eigenvalue weighted by atomic mass is 10.2. The van der Waals surface area contributed by atoms with Gasteiger partial charge in [0.25, 0.3) is 0 Å². The summed E-state index contributed by atoms with van der Waals surface area (Å²) >= 11 is 0. The minimum atomic E-state index is 0. The summed E-state index contributed by atoms with van der Waals surface area (Å²) in [6, 6.07) is 8.63. The van der Waals surface area contributed by atoms with Crippen LogP contribution in [0.1, 0.15) is 27.2 Å². The molecule has 1 aromatic rings. The number of rotatable bonds is 9. The van der Waals surface area contributed by atoms with E-state index in [-0.39, 0.29) is 24.0 Å². The third-order valence-corrected chi connectivity index (χ3v) is 4.88. The van der Waals surface area contributed by atoms with Gasteiger partial charge < -0.3 is 25.2 Å². The third kappa shape index (κ3) is 7.37. The van der Waals surface area contributed by atoms with Crippen molar-refractivity contribution in [3.8, 4) is 5.75 Å². The van der Waals surface area contributed by atoms with E-state index >= 15 is 0 Å². The number of guanidine groups is 1. The van der Waals surface area contributed by atoms with Crippen LogP contribution in [0.2, 0.25) is 0 Å². The van der Waals surface area contributed by atoms with Crippen molar-refractivity contribution in [2.24, 2.45) is 4.99 Å². The van der Waals surface area contributed by atoms with E-state index in [0.29, 0.717) is 6.04 Å². The second-order valence-electron chi connectivity index (χ2n) is 6.54. The molecule has 0 aliphatic carbocycles. The fourth-order valence-corrected chi connectivity index (χ4v) is 3.34. The number of likely N-dealkylation sites (N-methyl/N-ethyl adjacent to an activating group) is 1. The Balaban J connectivity index is 0.00000364. The fourth-order valence-electron chi connectivity index (χ4n) is 3.34. The van der Waals surface area contributed by atoms with Gasteiger partial charge in [-0.05, 0) is 38.6 Å². The monoisotopic (exact) mass is 489 g/mol. The smallest absolute Gasteiger partial charge is 0.191 e. The van der Waals surface area contributed by atoms with Crippen LogP contribution in [0.3, 0.4) is 0 Å². The highest BCUT2D eigenvalue weighted by Crippen LogP contribution is 2.30. The van der Waals surface area contributed by atoms with Crippen molar-refractivity contribution in [2.75, 3.05) is 57.8 Å². The molecule has 27 heavy (non-hydrogen) atoms. The molecule has 2 N–H and O–H groups in total. The first-order valence-electron chi connectivity index (χ1n) is 9.86. The van der Waals surface area contributed by atoms with Gasteiger partial charge in [-0.3, -0.25) is 4.99 Å². The fraction of sp³-hybridized carbons (Fsp3) is 0.650. The van der Waals surface area contributed by atoms with E-state index in [2.05, 4.69) is 53.3 Å². The summed E-state index contributed by atoms with van der Waals surface area (Å²) in [6.07, 6.45) is 1.10. The SMILES string of the molecule is CCNC(=NCCN(CC)CC)NC1CCN(c2ccccc2OC)C1.I. The van der Waals surface area contributed by atoms with Gasteiger partial charge in [0.1, 0.15) is 5.75 Å². The number of benzene rings is 1. The zero-order valence-corrected chi connectivity index (χ0v) is 19.5. The predicted octanol–water partition coefficient (Wildman–Crippen LogP) is 2.79. The molecule has 2 rings (SSSR count). The van der Waals surface area contributed by atoms with E-state index in [0.717, 1.165) is 63.9 Å². The highest BCUT2D eigenvalue weighted by Gasteiger charge is 2.25. The Morgan fingerprint density at radius 3 is 2.67 bits per heavy atom. The van der Waals surface area contributed by atoms with Crippen LogP contribution in [0.4, 0.5) is 5.69 Å². The maximum atomic E-state index is 5.51. The molecule has 0 spiro atoms. The number of methoxy groups -OCH3 is 1. The van der Waals surface area contributed by atoms with Gasteiger partial charge in [0, 0.05) is 32.2 Å². The standard InChI is InChI=1S/C20H35N5O.HI/c1-5-21-20(22-13-15-24(6-2)7-3)23-17-12-14-25(16-17)18-10-8-9-11-19(18)26-4;/h8-11,17H,5-7,12-16H2,1-4H3,(H2,21,22,23);1H. The first-order chi connectivity index (χ1) is 12.7. The van der Waals surface area contributed by atoms with Crippen LogP contribution in [-0.2, 0) is 0 Å². The predicted molar refractivity (Wildman–Crippen MR) is 126 cm³/mol. The normalized spacial score (nSPS) is 17.0. The number of ether oxygens (including phenoxy) is 1. The molecule has 1 aliphatic heterocycles. The number of aliphatic imine (C=N–C) groups is 1. The number of hydrogen-bond acceptors (Lipinski definition) is 4. The Morgan fingerprint density at radius 1 is 1.26 bits per heavy atom. The molecule has 1 fully saturated rings. The maximum Gasteiger partial charge on any atom is 0.191 e. The van der Waals surface area contributed by atoms with Gasteiger partial charge >= 0.3 is 0 Å². The summed E-state index contributed by atoms with van der Waals surface area (Å²) in [5.41, 5.74) is 1.17. The second kappa shape index (κ2) is 13.0. The summed E-state index contributed by atoms with van der Waals surface area (Å²) in [4.78, 5) is 9.53. The molecule has 6 nitrogen and oxygen atoms in total. The van der Waals surface area contributed by atoms with Crippen LogP contribution >= 0.6 is 24.0 Å². The summed E-state index contributed by atoms with van der Waals surface area (Å²) in [6.45, 7) is 13.3. The number of nitrogens with one attached hydrogen (secondary N) is 2. The average Bonchev–Trinajstić information content (AvgIpc) is 3.13. The Hall–Kier alpha value is -1.22. The molecule has 0 aromatic heterocycles. The van der Waals surface area contributed by atoms with Crippen LogP contribution in [0.15, 0.2) is 29.3 Å². The van der Waals surface area contributed by atoms with Crippen LogP contribution in [0.25, 0.3) is 0 Å². The number of anilines is 1. The van der Waals surface area contributed by atoms with E-state index in [9.17, 15) is 0 Å². The maximum absolute atomic E-state index is 5.51. The first-order valence-corrected chi connectivity index (χ1v) is 9.86. The Bertz CT molecular complexity index is 565. The van der Waals surface area contributed by atoms with Gasteiger partial charge in [0.15, 0.2) is 5.96 Å². The quantitative estimate of drug-likeness (QED) is 0.318. The van der Waals surface area contributed by atoms with Crippen molar-refractivity contribution in [1.29, 1.82) is 0 Å². The molecule has 0 saturated carbocycles. The summed E-state index contributed by atoms with van der Waals surface area (Å²) < 4.78 is 5.51. The number of hydrogen-bond donors (Lipinski definition) is 2. The molecule has 1 saturated heterocycles. The molecule has 1 atom stereocenters. The molecule has 1 heterocycles. The van der Waals surface area contributed by atoms with Crippen molar-refractivity contribution in [3.63, 3.8) is 0 Å². The average molecular weight is 489 g/mol. The summed E-state index contributed by atoms with van der Waals surface area (Å²) in [5, 5.41) is 6.98. The zero-order valence-electron chi connectivity index (χ0n) is 17.2. The van der Waals surface area contributed by atoms with E-state index < -0.39 is 0 Å². The van der Waals surface area contributed by atoms with E-state index in [1.807, 2.05) is 12.1 Å². The van der Waals surface area contributed by atoms with Gasteiger partial charge in [-0.25, -0.2) is 0 Å². The van der Waals surface area contributed by atoms with Gasteiger partial charge in [-0.1, -0.05) is 26.0 Å². The number of halogens is 1. The van der Waals surface area contributed by atoms with E-state index in [1.54, 1.807) is 7.11 Å². The highest BCUT2D eigenvalue weighted by atomic mass is 127. The molecule has 0 radical (unpaired) electrons. The largest absolute Gasteiger partial charge is 0.495 e. The molecule has 0 amide bonds. The lowest BCUT2D eigenvalue weighted by molar-refractivity contribution is 0.313. The van der Waals surface area contributed by atoms with Crippen LogP contribution in [0, 0.1) is 0 Å². The zero-order chi connectivity index (χ0) is 18.8. The summed E-state index contributed by atoms with van der Waals surface area (Å²) in [5.74, 6) is 1.86. The Morgan fingerprint density at radius 2 is 2.00 bits per heavy atom. The van der Waals surface area contributed by atoms with E-state index in [4.69, 9.17) is 9.73 Å². The lowest BCUT2D eigenvalue weighted by Gasteiger charge is -2.22.